The molecule has 0 aliphatic carbocycles. The molecule has 30 heavy (non-hydrogen) atoms. The second-order valence-corrected chi connectivity index (χ2v) is 7.83. The van der Waals surface area contributed by atoms with Crippen molar-refractivity contribution in [1.82, 2.24) is 10.2 Å². The van der Waals surface area contributed by atoms with E-state index in [1.807, 2.05) is 49.4 Å². The van der Waals surface area contributed by atoms with E-state index >= 15 is 0 Å². The van der Waals surface area contributed by atoms with Gasteiger partial charge in [-0.1, -0.05) is 42.5 Å². The number of benzene rings is 2. The number of fused-ring (bicyclic) bond motifs is 1. The highest BCUT2D eigenvalue weighted by molar-refractivity contribution is 5.97. The largest absolute Gasteiger partial charge is 0.487 e. The zero-order chi connectivity index (χ0) is 21.3. The van der Waals surface area contributed by atoms with Crippen molar-refractivity contribution >= 4 is 17.5 Å². The molecule has 1 aliphatic rings. The summed E-state index contributed by atoms with van der Waals surface area (Å²) in [5.74, 6) is 0.590. The predicted molar refractivity (Wildman–Crippen MR) is 119 cm³/mol. The molecular weight excluding hydrogens is 378 g/mol. The lowest BCUT2D eigenvalue weighted by Crippen LogP contribution is -2.42. The Morgan fingerprint density at radius 3 is 2.63 bits per heavy atom. The van der Waals surface area contributed by atoms with Crippen LogP contribution in [0.15, 0.2) is 54.6 Å². The molecule has 1 unspecified atom stereocenters. The van der Waals surface area contributed by atoms with E-state index in [0.717, 1.165) is 25.2 Å². The first kappa shape index (κ1) is 21.8. The maximum Gasteiger partial charge on any atom is 0.227 e. The third-order valence-electron chi connectivity index (χ3n) is 5.12. The lowest BCUT2D eigenvalue weighted by atomic mass is 10.1. The predicted octanol–water partition coefficient (Wildman–Crippen LogP) is 3.22. The molecule has 6 heteroatoms. The maximum atomic E-state index is 12.7. The number of carbonyl (C=O) groups excluding carboxylic acids is 2. The van der Waals surface area contributed by atoms with Crippen LogP contribution in [0.2, 0.25) is 0 Å². The van der Waals surface area contributed by atoms with Gasteiger partial charge in [-0.05, 0) is 44.6 Å². The van der Waals surface area contributed by atoms with Crippen LogP contribution in [0, 0.1) is 0 Å². The van der Waals surface area contributed by atoms with E-state index in [9.17, 15) is 9.59 Å². The van der Waals surface area contributed by atoms with Gasteiger partial charge in [-0.15, -0.1) is 0 Å². The van der Waals surface area contributed by atoms with Crippen molar-refractivity contribution in [3.63, 3.8) is 0 Å². The third kappa shape index (κ3) is 6.32. The Kier molecular flexibility index (Phi) is 7.85. The Balaban J connectivity index is 1.35. The number of anilines is 1. The summed E-state index contributed by atoms with van der Waals surface area (Å²) in [6, 6.07) is 17.9. The minimum atomic E-state index is -0.0799. The number of carbonyl (C=O) groups is 2. The van der Waals surface area contributed by atoms with Gasteiger partial charge in [-0.3, -0.25) is 9.59 Å². The van der Waals surface area contributed by atoms with Crippen LogP contribution >= 0.6 is 0 Å². The van der Waals surface area contributed by atoms with Gasteiger partial charge in [0, 0.05) is 25.9 Å². The van der Waals surface area contributed by atoms with Crippen molar-refractivity contribution in [2.24, 2.45) is 0 Å². The fourth-order valence-electron chi connectivity index (χ4n) is 3.62. The van der Waals surface area contributed by atoms with Gasteiger partial charge >= 0.3 is 0 Å². The molecule has 1 atom stereocenters. The molecule has 0 aromatic heterocycles. The number of nitrogens with one attached hydrogen (secondary N) is 1. The normalized spacial score (nSPS) is 15.4. The standard InChI is InChI=1S/C24H31N3O3/c1-19-17-27(21-11-6-7-12-22(21)30-19)24(29)14-13-23(28)25-15-8-16-26(2)18-20-9-4-3-5-10-20/h3-7,9-12,19H,8,13-18H2,1-2H3,(H,25,28). The van der Waals surface area contributed by atoms with Crippen LogP contribution in [0.25, 0.3) is 0 Å². The van der Waals surface area contributed by atoms with Gasteiger partial charge < -0.3 is 19.9 Å². The van der Waals surface area contributed by atoms with E-state index < -0.39 is 0 Å². The monoisotopic (exact) mass is 409 g/mol. The number of ether oxygens (including phenoxy) is 1. The first-order valence-electron chi connectivity index (χ1n) is 10.6. The summed E-state index contributed by atoms with van der Waals surface area (Å²) >= 11 is 0. The van der Waals surface area contributed by atoms with Crippen LogP contribution < -0.4 is 15.0 Å². The molecule has 0 bridgehead atoms. The zero-order valence-electron chi connectivity index (χ0n) is 17.8. The smallest absolute Gasteiger partial charge is 0.227 e. The molecule has 1 aliphatic heterocycles. The van der Waals surface area contributed by atoms with Crippen LogP contribution in [-0.4, -0.2) is 49.5 Å². The van der Waals surface area contributed by atoms with Crippen LogP contribution in [0.4, 0.5) is 5.69 Å². The summed E-state index contributed by atoms with van der Waals surface area (Å²) in [6.07, 6.45) is 1.20. The van der Waals surface area contributed by atoms with E-state index in [2.05, 4.69) is 29.4 Å². The Morgan fingerprint density at radius 1 is 1.10 bits per heavy atom. The van der Waals surface area contributed by atoms with Gasteiger partial charge in [-0.25, -0.2) is 0 Å². The number of nitrogens with zero attached hydrogens (tertiary/aromatic N) is 2. The summed E-state index contributed by atoms with van der Waals surface area (Å²) < 4.78 is 5.78. The average Bonchev–Trinajstić information content (AvgIpc) is 2.75. The second kappa shape index (κ2) is 10.8. The second-order valence-electron chi connectivity index (χ2n) is 7.83. The lowest BCUT2D eigenvalue weighted by Gasteiger charge is -2.33. The van der Waals surface area contributed by atoms with Crippen molar-refractivity contribution < 1.29 is 14.3 Å². The fraction of sp³-hybridized carbons (Fsp3) is 0.417. The molecule has 6 nitrogen and oxygen atoms in total. The number of amides is 2. The molecule has 1 heterocycles. The van der Waals surface area contributed by atoms with E-state index in [-0.39, 0.29) is 30.8 Å². The molecule has 3 rings (SSSR count). The fourth-order valence-corrected chi connectivity index (χ4v) is 3.62. The molecule has 2 aromatic rings. The highest BCUT2D eigenvalue weighted by atomic mass is 16.5. The van der Waals surface area contributed by atoms with Gasteiger partial charge in [-0.2, -0.15) is 0 Å². The lowest BCUT2D eigenvalue weighted by molar-refractivity contribution is -0.125. The molecule has 0 fully saturated rings. The molecule has 160 valence electrons. The SMILES string of the molecule is CC1CN(C(=O)CCC(=O)NCCCN(C)Cc2ccccc2)c2ccccc2O1. The van der Waals surface area contributed by atoms with Crippen LogP contribution in [-0.2, 0) is 16.1 Å². The minimum absolute atomic E-state index is 0.0460. The number of rotatable bonds is 9. The molecular formula is C24H31N3O3. The van der Waals surface area contributed by atoms with E-state index in [0.29, 0.717) is 18.8 Å². The van der Waals surface area contributed by atoms with Crippen LogP contribution in [0.5, 0.6) is 5.75 Å². The van der Waals surface area contributed by atoms with Crippen molar-refractivity contribution in [3.05, 3.63) is 60.2 Å². The number of hydrogen-bond donors (Lipinski definition) is 1. The Morgan fingerprint density at radius 2 is 1.83 bits per heavy atom. The molecule has 0 saturated heterocycles. The maximum absolute atomic E-state index is 12.7. The summed E-state index contributed by atoms with van der Waals surface area (Å²) in [5, 5.41) is 2.93. The number of para-hydroxylation sites is 2. The third-order valence-corrected chi connectivity index (χ3v) is 5.12. The van der Waals surface area contributed by atoms with E-state index in [1.54, 1.807) is 4.90 Å². The van der Waals surface area contributed by atoms with Crippen LogP contribution in [0.3, 0.4) is 0 Å². The quantitative estimate of drug-likeness (QED) is 0.646. The molecule has 1 N–H and O–H groups in total. The zero-order valence-corrected chi connectivity index (χ0v) is 17.8. The molecule has 2 amide bonds. The highest BCUT2D eigenvalue weighted by Gasteiger charge is 2.27. The highest BCUT2D eigenvalue weighted by Crippen LogP contribution is 2.33. The van der Waals surface area contributed by atoms with Gasteiger partial charge in [0.25, 0.3) is 0 Å². The molecule has 2 aromatic carbocycles. The number of hydrogen-bond acceptors (Lipinski definition) is 4. The summed E-state index contributed by atoms with van der Waals surface area (Å²) in [4.78, 5) is 28.8. The first-order chi connectivity index (χ1) is 14.5. The first-order valence-corrected chi connectivity index (χ1v) is 10.6. The minimum Gasteiger partial charge on any atom is -0.487 e. The van der Waals surface area contributed by atoms with E-state index in [1.165, 1.54) is 5.56 Å². The van der Waals surface area contributed by atoms with Crippen molar-refractivity contribution in [2.45, 2.75) is 38.8 Å². The van der Waals surface area contributed by atoms with Gasteiger partial charge in [0.1, 0.15) is 11.9 Å². The van der Waals surface area contributed by atoms with Gasteiger partial charge in [0.05, 0.1) is 12.2 Å². The molecule has 0 saturated carbocycles. The average molecular weight is 410 g/mol. The Hall–Kier alpha value is -2.86. The van der Waals surface area contributed by atoms with E-state index in [4.69, 9.17) is 4.74 Å². The van der Waals surface area contributed by atoms with Crippen LogP contribution in [0.1, 0.15) is 31.7 Å². The van der Waals surface area contributed by atoms with Crippen molar-refractivity contribution in [3.8, 4) is 5.75 Å². The summed E-state index contributed by atoms with van der Waals surface area (Å²) in [6.45, 7) is 4.85. The van der Waals surface area contributed by atoms with Gasteiger partial charge in [0.2, 0.25) is 11.8 Å². The molecule has 0 radical (unpaired) electrons. The topological polar surface area (TPSA) is 61.9 Å². The summed E-state index contributed by atoms with van der Waals surface area (Å²) in [7, 11) is 2.08. The van der Waals surface area contributed by atoms with Crippen molar-refractivity contribution in [1.29, 1.82) is 0 Å². The Labute approximate surface area is 178 Å². The summed E-state index contributed by atoms with van der Waals surface area (Å²) in [5.41, 5.74) is 2.06. The molecule has 0 spiro atoms. The Bertz CT molecular complexity index is 841. The van der Waals surface area contributed by atoms with Gasteiger partial charge in [0.15, 0.2) is 0 Å². The van der Waals surface area contributed by atoms with Crippen molar-refractivity contribution in [2.75, 3.05) is 31.6 Å².